The Morgan fingerprint density at radius 1 is 0.792 bits per heavy atom. The number of hydrogen-bond acceptors (Lipinski definition) is 7. The Kier molecular flexibility index (Phi) is 10.6. The van der Waals surface area contributed by atoms with Crippen LogP contribution in [0, 0.1) is 0 Å². The molecule has 1 amide bonds. The van der Waals surface area contributed by atoms with Crippen molar-refractivity contribution in [1.82, 2.24) is 10.9 Å². The predicted molar refractivity (Wildman–Crippen MR) is 89.5 cm³/mol. The average Bonchev–Trinajstić information content (AvgIpc) is 2.36. The van der Waals surface area contributed by atoms with E-state index in [2.05, 4.69) is 10.9 Å². The van der Waals surface area contributed by atoms with Crippen LogP contribution in [0.15, 0.2) is 0 Å². The van der Waals surface area contributed by atoms with Gasteiger partial charge in [-0.15, -0.1) is 0 Å². The summed E-state index contributed by atoms with van der Waals surface area (Å²) in [6.07, 6.45) is -0.313. The first-order valence-electron chi connectivity index (χ1n) is 8.09. The van der Waals surface area contributed by atoms with Gasteiger partial charge in [-0.1, -0.05) is 0 Å². The molecule has 2 N–H and O–H groups in total. The van der Waals surface area contributed by atoms with E-state index >= 15 is 0 Å². The number of carbonyl (C=O) groups is 2. The molecule has 0 aromatic carbocycles. The van der Waals surface area contributed by atoms with Gasteiger partial charge in [0, 0.05) is 6.54 Å². The van der Waals surface area contributed by atoms with Gasteiger partial charge in [-0.3, -0.25) is 10.2 Å². The summed E-state index contributed by atoms with van der Waals surface area (Å²) < 4.78 is 20.8. The zero-order valence-corrected chi connectivity index (χ0v) is 15.7. The molecule has 0 aliphatic carbocycles. The van der Waals surface area contributed by atoms with E-state index in [1.54, 1.807) is 20.8 Å². The van der Waals surface area contributed by atoms with Crippen molar-refractivity contribution in [2.45, 2.75) is 59.2 Å². The lowest BCUT2D eigenvalue weighted by molar-refractivity contribution is -0.156. The van der Waals surface area contributed by atoms with Crippen LogP contribution in [-0.4, -0.2) is 56.2 Å². The maximum Gasteiger partial charge on any atom is 0.422 e. The molecule has 0 aliphatic heterocycles. The molecule has 0 spiro atoms. The second-order valence-electron chi connectivity index (χ2n) is 7.11. The van der Waals surface area contributed by atoms with Crippen molar-refractivity contribution in [1.29, 1.82) is 0 Å². The van der Waals surface area contributed by atoms with Crippen molar-refractivity contribution in [3.8, 4) is 0 Å². The van der Waals surface area contributed by atoms with E-state index in [0.29, 0.717) is 33.0 Å². The third-order valence-electron chi connectivity index (χ3n) is 2.20. The summed E-state index contributed by atoms with van der Waals surface area (Å²) >= 11 is 0. The molecule has 0 aromatic rings. The van der Waals surface area contributed by atoms with E-state index in [9.17, 15) is 9.59 Å². The van der Waals surface area contributed by atoms with Crippen molar-refractivity contribution in [2.24, 2.45) is 0 Å². The zero-order valence-electron chi connectivity index (χ0n) is 15.7. The third kappa shape index (κ3) is 17.0. The summed E-state index contributed by atoms with van der Waals surface area (Å²) in [5.41, 5.74) is 4.10. The highest BCUT2D eigenvalue weighted by Gasteiger charge is 2.16. The van der Waals surface area contributed by atoms with Gasteiger partial charge < -0.3 is 18.9 Å². The Hall–Kier alpha value is -1.38. The molecular formula is C16H32N2O6. The van der Waals surface area contributed by atoms with Crippen LogP contribution in [0.2, 0.25) is 0 Å². The smallest absolute Gasteiger partial charge is 0.422 e. The van der Waals surface area contributed by atoms with E-state index in [0.717, 1.165) is 0 Å². The quantitative estimate of drug-likeness (QED) is 0.353. The van der Waals surface area contributed by atoms with E-state index in [4.69, 9.17) is 18.9 Å². The summed E-state index contributed by atoms with van der Waals surface area (Å²) in [4.78, 5) is 22.7. The molecule has 24 heavy (non-hydrogen) atoms. The van der Waals surface area contributed by atoms with Crippen LogP contribution in [-0.2, 0) is 23.7 Å². The van der Waals surface area contributed by atoms with Gasteiger partial charge in [0.25, 0.3) is 0 Å². The molecule has 0 rings (SSSR count). The molecule has 8 heteroatoms. The lowest BCUT2D eigenvalue weighted by Crippen LogP contribution is -2.42. The van der Waals surface area contributed by atoms with E-state index in [-0.39, 0.29) is 12.4 Å². The largest absolute Gasteiger partial charge is 0.460 e. The Morgan fingerprint density at radius 3 is 1.88 bits per heavy atom. The van der Waals surface area contributed by atoms with Crippen LogP contribution in [0.3, 0.4) is 0 Å². The monoisotopic (exact) mass is 348 g/mol. The lowest BCUT2D eigenvalue weighted by atomic mass is 10.2. The number of carbonyl (C=O) groups excluding carboxylic acids is 2. The topological polar surface area (TPSA) is 95.1 Å². The SMILES string of the molecule is CC(C)(C)OC(=O)CCOCCOCCNNC(=O)OC(C)(C)C. The maximum absolute atomic E-state index is 11.4. The first kappa shape index (κ1) is 22.6. The number of amides is 1. The normalized spacial score (nSPS) is 11.9. The molecule has 0 bridgehead atoms. The van der Waals surface area contributed by atoms with Crippen LogP contribution in [0.5, 0.6) is 0 Å². The van der Waals surface area contributed by atoms with Crippen LogP contribution in [0.4, 0.5) is 4.79 Å². The van der Waals surface area contributed by atoms with Gasteiger partial charge in [0.1, 0.15) is 11.2 Å². The molecule has 0 aromatic heterocycles. The number of nitrogens with one attached hydrogen (secondary N) is 2. The average molecular weight is 348 g/mol. The fraction of sp³-hybridized carbons (Fsp3) is 0.875. The van der Waals surface area contributed by atoms with Gasteiger partial charge in [0.05, 0.1) is 32.8 Å². The summed E-state index contributed by atoms with van der Waals surface area (Å²) in [5.74, 6) is -0.277. The number of rotatable bonds is 10. The zero-order chi connectivity index (χ0) is 18.6. The van der Waals surface area contributed by atoms with Crippen molar-refractivity contribution in [2.75, 3.05) is 33.0 Å². The van der Waals surface area contributed by atoms with E-state index in [1.165, 1.54) is 0 Å². The first-order valence-corrected chi connectivity index (χ1v) is 8.09. The maximum atomic E-state index is 11.4. The Morgan fingerprint density at radius 2 is 1.33 bits per heavy atom. The Labute approximate surface area is 144 Å². The third-order valence-corrected chi connectivity index (χ3v) is 2.20. The van der Waals surface area contributed by atoms with E-state index in [1.807, 2.05) is 20.8 Å². The number of ether oxygens (including phenoxy) is 4. The number of hydrazine groups is 1. The van der Waals surface area contributed by atoms with Crippen molar-refractivity contribution in [3.05, 3.63) is 0 Å². The summed E-state index contributed by atoms with van der Waals surface area (Å²) in [6.45, 7) is 12.8. The van der Waals surface area contributed by atoms with Crippen molar-refractivity contribution in [3.63, 3.8) is 0 Å². The highest BCUT2D eigenvalue weighted by atomic mass is 16.6. The van der Waals surface area contributed by atoms with Gasteiger partial charge in [0.2, 0.25) is 0 Å². The Balaban J connectivity index is 3.37. The molecular weight excluding hydrogens is 316 g/mol. The molecule has 0 heterocycles. The van der Waals surface area contributed by atoms with Gasteiger partial charge >= 0.3 is 12.1 Å². The minimum Gasteiger partial charge on any atom is -0.460 e. The van der Waals surface area contributed by atoms with Gasteiger partial charge in [-0.2, -0.15) is 0 Å². The fourth-order valence-electron chi connectivity index (χ4n) is 1.43. The second-order valence-corrected chi connectivity index (χ2v) is 7.11. The number of hydrogen-bond donors (Lipinski definition) is 2. The van der Waals surface area contributed by atoms with Gasteiger partial charge in [0.15, 0.2) is 0 Å². The first-order chi connectivity index (χ1) is 11.0. The number of esters is 1. The van der Waals surface area contributed by atoms with Crippen molar-refractivity contribution >= 4 is 12.1 Å². The highest BCUT2D eigenvalue weighted by molar-refractivity contribution is 5.69. The molecule has 142 valence electrons. The predicted octanol–water partition coefficient (Wildman–Crippen LogP) is 1.78. The summed E-state index contributed by atoms with van der Waals surface area (Å²) in [5, 5.41) is 0. The van der Waals surface area contributed by atoms with Crippen LogP contribution in [0.1, 0.15) is 48.0 Å². The fourth-order valence-corrected chi connectivity index (χ4v) is 1.43. The van der Waals surface area contributed by atoms with Crippen LogP contribution < -0.4 is 10.9 Å². The molecule has 0 unspecified atom stereocenters. The van der Waals surface area contributed by atoms with Crippen LogP contribution in [0.25, 0.3) is 0 Å². The molecule has 0 saturated heterocycles. The molecule has 0 fully saturated rings. The molecule has 0 radical (unpaired) electrons. The lowest BCUT2D eigenvalue weighted by Gasteiger charge is -2.19. The Bertz CT molecular complexity index is 338. The second kappa shape index (κ2) is 11.2. The standard InChI is InChI=1S/C16H32N2O6/c1-15(2,3)23-13(19)7-9-21-11-12-22-10-8-17-18-14(20)24-16(4,5)6/h17H,7-12H2,1-6H3,(H,18,20). The molecule has 8 nitrogen and oxygen atoms in total. The summed E-state index contributed by atoms with van der Waals surface area (Å²) in [7, 11) is 0. The van der Waals surface area contributed by atoms with Gasteiger partial charge in [-0.25, -0.2) is 10.2 Å². The van der Waals surface area contributed by atoms with Gasteiger partial charge in [-0.05, 0) is 41.5 Å². The molecule has 0 atom stereocenters. The highest BCUT2D eigenvalue weighted by Crippen LogP contribution is 2.08. The van der Waals surface area contributed by atoms with E-state index < -0.39 is 17.3 Å². The molecule has 0 aliphatic rings. The minimum atomic E-state index is -0.534. The minimum absolute atomic E-state index is 0.221. The molecule has 0 saturated carbocycles. The van der Waals surface area contributed by atoms with Crippen LogP contribution >= 0.6 is 0 Å². The summed E-state index contributed by atoms with van der Waals surface area (Å²) in [6, 6.07) is 0. The van der Waals surface area contributed by atoms with Crippen molar-refractivity contribution < 1.29 is 28.5 Å².